The fourth-order valence-corrected chi connectivity index (χ4v) is 7.94. The Kier molecular flexibility index (Phi) is 7.99. The number of alkyl halides is 1. The summed E-state index contributed by atoms with van der Waals surface area (Å²) >= 11 is 1.41. The minimum atomic E-state index is -1.42. The fraction of sp³-hybridized carbons (Fsp3) is 0.720. The van der Waals surface area contributed by atoms with Crippen molar-refractivity contribution >= 4 is 35.3 Å². The van der Waals surface area contributed by atoms with E-state index in [4.69, 9.17) is 5.73 Å². The van der Waals surface area contributed by atoms with Crippen LogP contribution in [0, 0.1) is 17.8 Å². The topological polar surface area (TPSA) is 177 Å². The molecule has 4 aliphatic heterocycles. The van der Waals surface area contributed by atoms with Crippen LogP contribution in [0.4, 0.5) is 4.39 Å². The van der Waals surface area contributed by atoms with Gasteiger partial charge in [0.05, 0.1) is 18.0 Å². The van der Waals surface area contributed by atoms with Crippen molar-refractivity contribution in [2.75, 3.05) is 26.2 Å². The maximum Gasteiger partial charge on any atom is 0.353 e. The van der Waals surface area contributed by atoms with Crippen LogP contribution >= 0.6 is 11.8 Å². The smallest absolute Gasteiger partial charge is 0.353 e. The molecule has 1 aromatic heterocycles. The first-order valence-electron chi connectivity index (χ1n) is 13.6. The van der Waals surface area contributed by atoms with Gasteiger partial charge in [0.2, 0.25) is 11.8 Å². The Morgan fingerprint density at radius 2 is 2.05 bits per heavy atom. The summed E-state index contributed by atoms with van der Waals surface area (Å²) in [5.41, 5.74) is 4.12. The highest BCUT2D eigenvalue weighted by molar-refractivity contribution is 8.03. The van der Waals surface area contributed by atoms with Gasteiger partial charge >= 0.3 is 5.97 Å². The third-order valence-corrected chi connectivity index (χ3v) is 10.2. The van der Waals surface area contributed by atoms with Gasteiger partial charge < -0.3 is 26.0 Å². The second-order valence-electron chi connectivity index (χ2n) is 11.4. The van der Waals surface area contributed by atoms with Crippen molar-refractivity contribution in [1.82, 2.24) is 35.3 Å². The number of carbonyl (C=O) groups excluding carboxylic acids is 3. The minimum Gasteiger partial charge on any atom is -0.477 e. The third-order valence-electron chi connectivity index (χ3n) is 8.70. The molecule has 0 saturated carbocycles. The molecule has 0 aromatic carbocycles. The molecule has 0 bridgehead atoms. The standard InChI is InChI=1S/C25H35FN8O5S/c1-13(7-15(35)10-33-12-29-30-31-33)18-19-14(2)21(20(24(38)39)34(19)23(18)37)40-16-8-17(28-9-16)22(36)32-5-3-25(26,11-27)4-6-32/h12-14,16-19,28H,3-11,27H2,1-2H3,(H,38,39)/t13-,14+,16?,17?,18+,19+/m0/s1. The number of carboxylic acids is 1. The Bertz CT molecular complexity index is 1200. The SMILES string of the molecule is C[C@@H](CC(=O)Cn1cnnn1)[C@H]1C(=O)N2C(C(=O)O)=C(SC3CNC(C(=O)N4CCC(F)(CN)CC4)C3)[C@H](C)[C@H]12. The van der Waals surface area contributed by atoms with Crippen molar-refractivity contribution < 1.29 is 28.7 Å². The van der Waals surface area contributed by atoms with Crippen LogP contribution < -0.4 is 11.1 Å². The van der Waals surface area contributed by atoms with Crippen LogP contribution in [0.3, 0.4) is 0 Å². The van der Waals surface area contributed by atoms with Crippen molar-refractivity contribution in [2.45, 2.75) is 69.1 Å². The highest BCUT2D eigenvalue weighted by Crippen LogP contribution is 2.53. The number of carboxylic acid groups (broad SMARTS) is 1. The first-order valence-corrected chi connectivity index (χ1v) is 14.5. The molecule has 2 amide bonds. The van der Waals surface area contributed by atoms with E-state index in [0.717, 1.165) is 0 Å². The number of hydrogen-bond donors (Lipinski definition) is 3. The van der Waals surface area contributed by atoms with Gasteiger partial charge in [-0.1, -0.05) is 13.8 Å². The molecule has 0 spiro atoms. The fourth-order valence-electron chi connectivity index (χ4n) is 6.46. The number of β-lactam (4-membered cyclic amide) rings is 1. The molecule has 3 fully saturated rings. The van der Waals surface area contributed by atoms with E-state index in [1.54, 1.807) is 4.90 Å². The molecule has 1 aromatic rings. The van der Waals surface area contributed by atoms with E-state index in [0.29, 0.717) is 31.0 Å². The number of rotatable bonds is 10. The quantitative estimate of drug-likeness (QED) is 0.313. The number of tetrazole rings is 1. The van der Waals surface area contributed by atoms with E-state index in [-0.39, 0.29) is 78.8 Å². The Labute approximate surface area is 235 Å². The van der Waals surface area contributed by atoms with E-state index in [1.165, 1.54) is 27.7 Å². The molecule has 4 N–H and O–H groups in total. The number of thioether (sulfide) groups is 1. The van der Waals surface area contributed by atoms with Crippen LogP contribution in [-0.4, -0.2) is 108 Å². The summed E-state index contributed by atoms with van der Waals surface area (Å²) in [6.07, 6.45) is 2.45. The molecule has 13 nitrogen and oxygen atoms in total. The molecule has 5 rings (SSSR count). The molecule has 15 heteroatoms. The Morgan fingerprint density at radius 3 is 2.67 bits per heavy atom. The van der Waals surface area contributed by atoms with Crippen molar-refractivity contribution in [2.24, 2.45) is 23.5 Å². The van der Waals surface area contributed by atoms with E-state index in [9.17, 15) is 28.7 Å². The van der Waals surface area contributed by atoms with E-state index in [1.807, 2.05) is 13.8 Å². The van der Waals surface area contributed by atoms with Gasteiger partial charge in [-0.15, -0.1) is 16.9 Å². The van der Waals surface area contributed by atoms with E-state index >= 15 is 0 Å². The second-order valence-corrected chi connectivity index (χ2v) is 12.7. The van der Waals surface area contributed by atoms with Crippen LogP contribution in [0.25, 0.3) is 0 Å². The number of nitrogens with one attached hydrogen (secondary N) is 1. The molecule has 4 aliphatic rings. The predicted octanol–water partition coefficient (Wildman–Crippen LogP) is -0.206. The number of likely N-dealkylation sites (tertiary alicyclic amines) is 1. The zero-order valence-corrected chi connectivity index (χ0v) is 23.3. The van der Waals surface area contributed by atoms with Gasteiger partial charge in [0, 0.05) is 61.5 Å². The van der Waals surface area contributed by atoms with Crippen molar-refractivity contribution in [3.63, 3.8) is 0 Å². The molecule has 2 unspecified atom stereocenters. The summed E-state index contributed by atoms with van der Waals surface area (Å²) in [6.45, 7) is 4.88. The van der Waals surface area contributed by atoms with Crippen LogP contribution in [0.15, 0.2) is 16.9 Å². The predicted molar refractivity (Wildman–Crippen MR) is 141 cm³/mol. The number of Topliss-reactive ketones (excluding diaryl/α,β-unsaturated/α-hetero) is 1. The summed E-state index contributed by atoms with van der Waals surface area (Å²) < 4.78 is 15.8. The average molecular weight is 579 g/mol. The molecule has 0 aliphatic carbocycles. The lowest BCUT2D eigenvalue weighted by Gasteiger charge is -2.47. The summed E-state index contributed by atoms with van der Waals surface area (Å²) in [5, 5.41) is 24.0. The Hall–Kier alpha value is -2.91. The molecular weight excluding hydrogens is 543 g/mol. The van der Waals surface area contributed by atoms with Gasteiger partial charge in [-0.2, -0.15) is 0 Å². The zero-order valence-electron chi connectivity index (χ0n) is 22.5. The lowest BCUT2D eigenvalue weighted by atomic mass is 9.73. The van der Waals surface area contributed by atoms with Gasteiger partial charge in [-0.05, 0) is 22.8 Å². The molecule has 6 atom stereocenters. The average Bonchev–Trinajstić information content (AvgIpc) is 3.65. The first kappa shape index (κ1) is 28.6. The highest BCUT2D eigenvalue weighted by Gasteiger charge is 2.60. The van der Waals surface area contributed by atoms with Crippen molar-refractivity contribution in [1.29, 1.82) is 0 Å². The number of hydrogen-bond acceptors (Lipinski definition) is 10. The number of aromatic nitrogens is 4. The lowest BCUT2D eigenvalue weighted by Crippen LogP contribution is -2.62. The monoisotopic (exact) mass is 578 g/mol. The first-order chi connectivity index (χ1) is 19.0. The molecule has 3 saturated heterocycles. The van der Waals surface area contributed by atoms with Gasteiger partial charge in [0.15, 0.2) is 5.78 Å². The molecule has 218 valence electrons. The van der Waals surface area contributed by atoms with Crippen molar-refractivity contribution in [3.05, 3.63) is 16.9 Å². The van der Waals surface area contributed by atoms with Gasteiger partial charge in [0.1, 0.15) is 24.2 Å². The maximum absolute atomic E-state index is 14.5. The molecule has 0 radical (unpaired) electrons. The number of piperidine rings is 1. The van der Waals surface area contributed by atoms with Crippen LogP contribution in [0.1, 0.15) is 39.5 Å². The number of amides is 2. The third kappa shape index (κ3) is 5.26. The van der Waals surface area contributed by atoms with Crippen LogP contribution in [-0.2, 0) is 25.7 Å². The zero-order chi connectivity index (χ0) is 28.8. The number of ketones is 1. The number of halogens is 1. The number of aliphatic carboxylic acids is 1. The maximum atomic E-state index is 14.5. The second kappa shape index (κ2) is 11.2. The number of fused-ring (bicyclic) bond motifs is 1. The number of carbonyl (C=O) groups is 4. The minimum absolute atomic E-state index is 0.00263. The number of nitrogens with zero attached hydrogens (tertiary/aromatic N) is 6. The van der Waals surface area contributed by atoms with Crippen LogP contribution in [0.5, 0.6) is 0 Å². The highest BCUT2D eigenvalue weighted by atomic mass is 32.2. The Morgan fingerprint density at radius 1 is 1.32 bits per heavy atom. The number of nitrogens with two attached hydrogens (primary N) is 1. The molecule has 5 heterocycles. The summed E-state index contributed by atoms with van der Waals surface area (Å²) in [7, 11) is 0. The van der Waals surface area contributed by atoms with Gasteiger partial charge in [-0.25, -0.2) is 13.9 Å². The Balaban J connectivity index is 1.21. The largest absolute Gasteiger partial charge is 0.477 e. The molecule has 40 heavy (non-hydrogen) atoms. The van der Waals surface area contributed by atoms with Gasteiger partial charge in [0.25, 0.3) is 0 Å². The van der Waals surface area contributed by atoms with Crippen LogP contribution in [0.2, 0.25) is 0 Å². The molecular formula is C25H35FN8O5S. The van der Waals surface area contributed by atoms with Crippen molar-refractivity contribution in [3.8, 4) is 0 Å². The van der Waals surface area contributed by atoms with E-state index in [2.05, 4.69) is 20.8 Å². The normalized spacial score (nSPS) is 30.3. The summed E-state index contributed by atoms with van der Waals surface area (Å²) in [6, 6.07) is -0.758. The lowest BCUT2D eigenvalue weighted by molar-refractivity contribution is -0.160. The summed E-state index contributed by atoms with van der Waals surface area (Å²) in [5.74, 6) is -2.59. The van der Waals surface area contributed by atoms with E-state index < -0.39 is 23.6 Å². The van der Waals surface area contributed by atoms with Gasteiger partial charge in [-0.3, -0.25) is 14.4 Å². The summed E-state index contributed by atoms with van der Waals surface area (Å²) in [4.78, 5) is 54.8.